The van der Waals surface area contributed by atoms with Gasteiger partial charge < -0.3 is 9.64 Å². The van der Waals surface area contributed by atoms with E-state index < -0.39 is 0 Å². The topological polar surface area (TPSA) is 29.5 Å². The van der Waals surface area contributed by atoms with Crippen LogP contribution in [0.15, 0.2) is 22.7 Å². The van der Waals surface area contributed by atoms with E-state index in [2.05, 4.69) is 15.9 Å². The van der Waals surface area contributed by atoms with Crippen LogP contribution in [0.2, 0.25) is 5.02 Å². The number of hydrogen-bond donors (Lipinski definition) is 0. The third-order valence-electron chi connectivity index (χ3n) is 2.94. The number of morpholine rings is 1. The van der Waals surface area contributed by atoms with Crippen molar-refractivity contribution in [1.29, 1.82) is 0 Å². The minimum Gasteiger partial charge on any atom is -0.370 e. The molecule has 0 bridgehead atoms. The van der Waals surface area contributed by atoms with Crippen LogP contribution >= 0.6 is 39.1 Å². The molecule has 1 heterocycles. The van der Waals surface area contributed by atoms with Crippen LogP contribution in [0.25, 0.3) is 0 Å². The zero-order valence-electron chi connectivity index (χ0n) is 10.4. The van der Waals surface area contributed by atoms with Crippen LogP contribution in [0.3, 0.4) is 0 Å². The number of halogens is 3. The summed E-state index contributed by atoms with van der Waals surface area (Å²) in [7, 11) is 0. The Morgan fingerprint density at radius 1 is 1.53 bits per heavy atom. The monoisotopic (exact) mass is 365 g/mol. The molecule has 6 heteroatoms. The van der Waals surface area contributed by atoms with Crippen molar-refractivity contribution < 1.29 is 9.53 Å². The minimum atomic E-state index is -0.118. The first kappa shape index (κ1) is 15.1. The molecule has 2 rings (SSSR count). The molecular weight excluding hydrogens is 353 g/mol. The molecule has 0 radical (unpaired) electrons. The van der Waals surface area contributed by atoms with Crippen LogP contribution < -0.4 is 0 Å². The Bertz CT molecular complexity index is 484. The largest absolute Gasteiger partial charge is 0.370 e. The van der Waals surface area contributed by atoms with Crippen molar-refractivity contribution in [2.75, 3.05) is 19.0 Å². The zero-order chi connectivity index (χ0) is 14.0. The number of carbonyl (C=O) groups is 1. The fourth-order valence-corrected chi connectivity index (χ4v) is 2.89. The number of benzene rings is 1. The fraction of sp³-hybridized carbons (Fsp3) is 0.462. The molecule has 0 aromatic heterocycles. The third-order valence-corrected chi connectivity index (χ3v) is 4.22. The van der Waals surface area contributed by atoms with E-state index in [1.54, 1.807) is 23.1 Å². The molecule has 1 saturated heterocycles. The van der Waals surface area contributed by atoms with Gasteiger partial charge in [0.25, 0.3) is 5.91 Å². The summed E-state index contributed by atoms with van der Waals surface area (Å²) in [6.07, 6.45) is -0.133. The molecule has 1 aromatic rings. The van der Waals surface area contributed by atoms with E-state index in [0.29, 0.717) is 29.6 Å². The number of ether oxygens (including phenoxy) is 1. The smallest absolute Gasteiger partial charge is 0.255 e. The number of amides is 1. The highest BCUT2D eigenvalue weighted by Crippen LogP contribution is 2.24. The Labute approximate surface area is 130 Å². The number of rotatable bonds is 2. The van der Waals surface area contributed by atoms with Crippen LogP contribution in [0, 0.1) is 0 Å². The van der Waals surface area contributed by atoms with Crippen molar-refractivity contribution in [3.05, 3.63) is 33.3 Å². The van der Waals surface area contributed by atoms with Crippen LogP contribution in [0.4, 0.5) is 0 Å². The molecule has 1 amide bonds. The van der Waals surface area contributed by atoms with Crippen molar-refractivity contribution in [3.63, 3.8) is 0 Å². The van der Waals surface area contributed by atoms with E-state index in [1.165, 1.54) is 0 Å². The highest BCUT2D eigenvalue weighted by molar-refractivity contribution is 9.10. The van der Waals surface area contributed by atoms with E-state index in [0.717, 1.165) is 4.47 Å². The average Bonchev–Trinajstić information content (AvgIpc) is 2.40. The lowest BCUT2D eigenvalue weighted by Crippen LogP contribution is -2.49. The van der Waals surface area contributed by atoms with Gasteiger partial charge in [-0.05, 0) is 41.1 Å². The summed E-state index contributed by atoms with van der Waals surface area (Å²) in [4.78, 5) is 14.3. The number of alkyl halides is 1. The molecule has 19 heavy (non-hydrogen) atoms. The highest BCUT2D eigenvalue weighted by Gasteiger charge is 2.29. The number of nitrogens with zero attached hydrogens (tertiary/aromatic N) is 1. The van der Waals surface area contributed by atoms with Gasteiger partial charge in [0.05, 0.1) is 23.7 Å². The molecule has 0 N–H and O–H groups in total. The summed E-state index contributed by atoms with van der Waals surface area (Å²) >= 11 is 15.2. The van der Waals surface area contributed by atoms with E-state index >= 15 is 0 Å². The predicted octanol–water partition coefficient (Wildman–Crippen LogP) is 3.57. The van der Waals surface area contributed by atoms with Crippen molar-refractivity contribution in [3.8, 4) is 0 Å². The van der Waals surface area contributed by atoms with Gasteiger partial charge in [0.2, 0.25) is 0 Å². The Balaban J connectivity index is 2.21. The fourth-order valence-electron chi connectivity index (χ4n) is 2.13. The van der Waals surface area contributed by atoms with E-state index in [1.807, 2.05) is 6.92 Å². The second-order valence-corrected chi connectivity index (χ2v) is 6.16. The predicted molar refractivity (Wildman–Crippen MR) is 80.1 cm³/mol. The molecule has 2 atom stereocenters. The first-order valence-electron chi connectivity index (χ1n) is 5.97. The van der Waals surface area contributed by atoms with Crippen molar-refractivity contribution in [2.24, 2.45) is 0 Å². The SMILES string of the molecule is CC1CN(C(=O)c2cc(Cl)ccc2Br)CC(CCl)O1. The summed E-state index contributed by atoms with van der Waals surface area (Å²) in [6, 6.07) is 5.19. The average molecular weight is 367 g/mol. The molecule has 0 aliphatic carbocycles. The van der Waals surface area contributed by atoms with Gasteiger partial charge in [-0.1, -0.05) is 11.6 Å². The van der Waals surface area contributed by atoms with Gasteiger partial charge >= 0.3 is 0 Å². The molecule has 1 aliphatic heterocycles. The first-order valence-corrected chi connectivity index (χ1v) is 7.67. The van der Waals surface area contributed by atoms with Gasteiger partial charge in [0, 0.05) is 22.6 Å². The van der Waals surface area contributed by atoms with E-state index in [4.69, 9.17) is 27.9 Å². The molecule has 2 unspecified atom stereocenters. The summed E-state index contributed by atoms with van der Waals surface area (Å²) in [5.74, 6) is 0.324. The Morgan fingerprint density at radius 3 is 2.95 bits per heavy atom. The third kappa shape index (κ3) is 3.63. The quantitative estimate of drug-likeness (QED) is 0.749. The zero-order valence-corrected chi connectivity index (χ0v) is 13.5. The lowest BCUT2D eigenvalue weighted by molar-refractivity contribution is -0.0570. The van der Waals surface area contributed by atoms with Crippen molar-refractivity contribution in [2.45, 2.75) is 19.1 Å². The first-order chi connectivity index (χ1) is 9.01. The maximum atomic E-state index is 12.5. The summed E-state index contributed by atoms with van der Waals surface area (Å²) in [6.45, 7) is 3.00. The standard InChI is InChI=1S/C13H14BrCl2NO2/c1-8-6-17(7-10(5-15)19-8)13(18)11-4-9(16)2-3-12(11)14/h2-4,8,10H,5-7H2,1H3. The summed E-state index contributed by atoms with van der Waals surface area (Å²) in [5.41, 5.74) is 0.565. The van der Waals surface area contributed by atoms with E-state index in [-0.39, 0.29) is 18.1 Å². The lowest BCUT2D eigenvalue weighted by atomic mass is 10.1. The minimum absolute atomic E-state index is 0.0144. The van der Waals surface area contributed by atoms with Crippen LogP contribution in [0.5, 0.6) is 0 Å². The van der Waals surface area contributed by atoms with Gasteiger partial charge in [0.1, 0.15) is 0 Å². The lowest BCUT2D eigenvalue weighted by Gasteiger charge is -2.36. The molecule has 0 spiro atoms. The van der Waals surface area contributed by atoms with Gasteiger partial charge in [-0.25, -0.2) is 0 Å². The van der Waals surface area contributed by atoms with Gasteiger partial charge in [0.15, 0.2) is 0 Å². The van der Waals surface area contributed by atoms with Gasteiger partial charge in [-0.2, -0.15) is 0 Å². The normalized spacial score (nSPS) is 23.5. The van der Waals surface area contributed by atoms with Gasteiger partial charge in [-0.15, -0.1) is 11.6 Å². The Morgan fingerprint density at radius 2 is 2.26 bits per heavy atom. The molecule has 0 saturated carbocycles. The second-order valence-electron chi connectivity index (χ2n) is 4.56. The Hall–Kier alpha value is -0.290. The summed E-state index contributed by atoms with van der Waals surface area (Å²) < 4.78 is 6.38. The second kappa shape index (κ2) is 6.44. The molecule has 104 valence electrons. The van der Waals surface area contributed by atoms with Crippen LogP contribution in [-0.2, 0) is 4.74 Å². The molecule has 3 nitrogen and oxygen atoms in total. The van der Waals surface area contributed by atoms with Crippen LogP contribution in [-0.4, -0.2) is 42.0 Å². The van der Waals surface area contributed by atoms with Crippen molar-refractivity contribution in [1.82, 2.24) is 4.90 Å². The highest BCUT2D eigenvalue weighted by atomic mass is 79.9. The maximum absolute atomic E-state index is 12.5. The summed E-state index contributed by atoms with van der Waals surface area (Å²) in [5, 5.41) is 0.543. The van der Waals surface area contributed by atoms with Crippen molar-refractivity contribution >= 4 is 45.0 Å². The molecule has 1 aromatic carbocycles. The molecular formula is C13H14BrCl2NO2. The Kier molecular flexibility index (Phi) is 5.12. The number of carbonyl (C=O) groups excluding carboxylic acids is 1. The molecule has 1 aliphatic rings. The van der Waals surface area contributed by atoms with E-state index in [9.17, 15) is 4.79 Å². The van der Waals surface area contributed by atoms with Gasteiger partial charge in [-0.3, -0.25) is 4.79 Å². The number of hydrogen-bond acceptors (Lipinski definition) is 2. The molecule has 1 fully saturated rings. The maximum Gasteiger partial charge on any atom is 0.255 e. The van der Waals surface area contributed by atoms with Crippen LogP contribution in [0.1, 0.15) is 17.3 Å².